The topological polar surface area (TPSA) is 96.0 Å². The van der Waals surface area contributed by atoms with Crippen LogP contribution in [0.15, 0.2) is 48.5 Å². The summed E-state index contributed by atoms with van der Waals surface area (Å²) in [5.74, 6) is -1.15. The van der Waals surface area contributed by atoms with E-state index in [1.165, 1.54) is 30.2 Å². The van der Waals surface area contributed by atoms with Crippen molar-refractivity contribution >= 4 is 27.5 Å². The second-order valence-electron chi connectivity index (χ2n) is 8.08. The number of hydrogen-bond donors (Lipinski definition) is 1. The van der Waals surface area contributed by atoms with Crippen molar-refractivity contribution in [2.45, 2.75) is 45.8 Å². The number of amides is 2. The van der Waals surface area contributed by atoms with E-state index in [0.717, 1.165) is 12.3 Å². The molecule has 34 heavy (non-hydrogen) atoms. The van der Waals surface area contributed by atoms with Gasteiger partial charge in [-0.25, -0.2) is 12.8 Å². The molecule has 0 unspecified atom stereocenters. The van der Waals surface area contributed by atoms with Crippen LogP contribution in [0.5, 0.6) is 5.75 Å². The first-order valence-electron chi connectivity index (χ1n) is 10.9. The lowest BCUT2D eigenvalue weighted by molar-refractivity contribution is -0.139. The minimum atomic E-state index is -3.99. The van der Waals surface area contributed by atoms with Crippen molar-refractivity contribution in [1.29, 1.82) is 0 Å². The summed E-state index contributed by atoms with van der Waals surface area (Å²) in [7, 11) is -2.45. The summed E-state index contributed by atoms with van der Waals surface area (Å²) in [5.41, 5.74) is 0.480. The lowest BCUT2D eigenvalue weighted by Gasteiger charge is -2.32. The lowest BCUT2D eigenvalue weighted by atomic mass is 10.1. The van der Waals surface area contributed by atoms with Gasteiger partial charge in [0.05, 0.1) is 19.1 Å². The fourth-order valence-corrected chi connectivity index (χ4v) is 4.07. The van der Waals surface area contributed by atoms with E-state index in [2.05, 4.69) is 5.32 Å². The molecule has 10 heteroatoms. The molecule has 0 bridgehead atoms. The van der Waals surface area contributed by atoms with Gasteiger partial charge in [-0.15, -0.1) is 0 Å². The Hall–Kier alpha value is -3.14. The standard InChI is InChI=1S/C24H32FN3O5S/c1-6-17(2)26-24(30)18(3)27(15-19-11-13-20(33-4)14-12-19)23(29)16-28(34(5,31)32)22-10-8-7-9-21(22)25/h7-14,17-18H,6,15-16H2,1-5H3,(H,26,30)/t17-,18+/m0/s1. The van der Waals surface area contributed by atoms with Gasteiger partial charge in [0.1, 0.15) is 24.2 Å². The Morgan fingerprint density at radius 3 is 2.24 bits per heavy atom. The molecule has 2 amide bonds. The van der Waals surface area contributed by atoms with Crippen LogP contribution in [0, 0.1) is 5.82 Å². The molecule has 0 aliphatic carbocycles. The first-order chi connectivity index (χ1) is 16.0. The number of sulfonamides is 1. The fourth-order valence-electron chi connectivity index (χ4n) is 3.22. The Kier molecular flexibility index (Phi) is 9.43. The van der Waals surface area contributed by atoms with Crippen molar-refractivity contribution in [2.24, 2.45) is 0 Å². The summed E-state index contributed by atoms with van der Waals surface area (Å²) in [6.45, 7) is 4.74. The Bertz CT molecular complexity index is 1090. The molecule has 2 rings (SSSR count). The zero-order valence-corrected chi connectivity index (χ0v) is 20.9. The number of nitrogens with one attached hydrogen (secondary N) is 1. The normalized spacial score (nSPS) is 13.0. The molecular weight excluding hydrogens is 461 g/mol. The van der Waals surface area contributed by atoms with Crippen molar-refractivity contribution in [1.82, 2.24) is 10.2 Å². The average Bonchev–Trinajstić information content (AvgIpc) is 2.80. The van der Waals surface area contributed by atoms with E-state index in [1.54, 1.807) is 31.2 Å². The monoisotopic (exact) mass is 493 g/mol. The molecule has 0 aliphatic heterocycles. The van der Waals surface area contributed by atoms with Crippen LogP contribution in [-0.2, 0) is 26.2 Å². The van der Waals surface area contributed by atoms with Crippen molar-refractivity contribution < 1.29 is 27.1 Å². The van der Waals surface area contributed by atoms with Gasteiger partial charge in [0.2, 0.25) is 21.8 Å². The van der Waals surface area contributed by atoms with Crippen molar-refractivity contribution in [3.63, 3.8) is 0 Å². The highest BCUT2D eigenvalue weighted by atomic mass is 32.2. The molecule has 1 N–H and O–H groups in total. The number of methoxy groups -OCH3 is 1. The van der Waals surface area contributed by atoms with E-state index in [4.69, 9.17) is 4.74 Å². The molecule has 0 aromatic heterocycles. The third-order valence-corrected chi connectivity index (χ3v) is 6.61. The van der Waals surface area contributed by atoms with Gasteiger partial charge in [-0.3, -0.25) is 13.9 Å². The highest BCUT2D eigenvalue weighted by Crippen LogP contribution is 2.22. The van der Waals surface area contributed by atoms with Crippen LogP contribution in [0.4, 0.5) is 10.1 Å². The van der Waals surface area contributed by atoms with E-state index in [9.17, 15) is 22.4 Å². The van der Waals surface area contributed by atoms with Crippen LogP contribution >= 0.6 is 0 Å². The molecule has 186 valence electrons. The van der Waals surface area contributed by atoms with Crippen molar-refractivity contribution in [3.05, 3.63) is 59.9 Å². The number of hydrogen-bond acceptors (Lipinski definition) is 5. The van der Waals surface area contributed by atoms with Gasteiger partial charge in [-0.05, 0) is 50.1 Å². The fraction of sp³-hybridized carbons (Fsp3) is 0.417. The maximum atomic E-state index is 14.4. The van der Waals surface area contributed by atoms with Crippen molar-refractivity contribution in [3.8, 4) is 5.75 Å². The molecule has 2 aromatic carbocycles. The molecule has 2 aromatic rings. The molecule has 0 saturated heterocycles. The Labute approximate surface area is 200 Å². The number of nitrogens with zero attached hydrogens (tertiary/aromatic N) is 2. The van der Waals surface area contributed by atoms with E-state index < -0.39 is 34.3 Å². The number of ether oxygens (including phenoxy) is 1. The first-order valence-corrected chi connectivity index (χ1v) is 12.8. The van der Waals surface area contributed by atoms with Crippen LogP contribution in [0.2, 0.25) is 0 Å². The quantitative estimate of drug-likeness (QED) is 0.519. The number of para-hydroxylation sites is 1. The summed E-state index contributed by atoms with van der Waals surface area (Å²) in [6.07, 6.45) is 1.61. The minimum Gasteiger partial charge on any atom is -0.497 e. The van der Waals surface area contributed by atoms with Gasteiger partial charge in [-0.2, -0.15) is 0 Å². The van der Waals surface area contributed by atoms with E-state index in [-0.39, 0.29) is 24.2 Å². The molecule has 0 spiro atoms. The third-order valence-electron chi connectivity index (χ3n) is 5.48. The first kappa shape index (κ1) is 27.1. The van der Waals surface area contributed by atoms with Crippen LogP contribution in [0.25, 0.3) is 0 Å². The molecule has 2 atom stereocenters. The predicted octanol–water partition coefficient (Wildman–Crippen LogP) is 2.93. The highest BCUT2D eigenvalue weighted by Gasteiger charge is 2.31. The highest BCUT2D eigenvalue weighted by molar-refractivity contribution is 7.92. The SMILES string of the molecule is CC[C@H](C)NC(=O)[C@@H](C)N(Cc1ccc(OC)cc1)C(=O)CN(c1ccccc1F)S(C)(=O)=O. The number of benzene rings is 2. The largest absolute Gasteiger partial charge is 0.497 e. The van der Waals surface area contributed by atoms with E-state index in [0.29, 0.717) is 22.0 Å². The van der Waals surface area contributed by atoms with Gasteiger partial charge in [0.15, 0.2) is 0 Å². The van der Waals surface area contributed by atoms with Crippen LogP contribution in [0.3, 0.4) is 0 Å². The molecule has 0 heterocycles. The summed E-state index contributed by atoms with van der Waals surface area (Å²) < 4.78 is 45.2. The van der Waals surface area contributed by atoms with Gasteiger partial charge in [-0.1, -0.05) is 31.2 Å². The van der Waals surface area contributed by atoms with Gasteiger partial charge < -0.3 is 15.0 Å². The Balaban J connectivity index is 2.39. The Morgan fingerprint density at radius 1 is 1.09 bits per heavy atom. The van der Waals surface area contributed by atoms with Crippen LogP contribution in [-0.4, -0.2) is 57.1 Å². The number of anilines is 1. The predicted molar refractivity (Wildman–Crippen MR) is 129 cm³/mol. The van der Waals surface area contributed by atoms with E-state index >= 15 is 0 Å². The second kappa shape index (κ2) is 11.8. The molecule has 0 saturated carbocycles. The van der Waals surface area contributed by atoms with E-state index in [1.807, 2.05) is 13.8 Å². The molecule has 0 fully saturated rings. The van der Waals surface area contributed by atoms with Crippen LogP contribution in [0.1, 0.15) is 32.8 Å². The molecule has 0 radical (unpaired) electrons. The Morgan fingerprint density at radius 2 is 1.71 bits per heavy atom. The zero-order valence-electron chi connectivity index (χ0n) is 20.1. The molecule has 0 aliphatic rings. The average molecular weight is 494 g/mol. The van der Waals surface area contributed by atoms with Gasteiger partial charge in [0, 0.05) is 12.6 Å². The number of halogens is 1. The van der Waals surface area contributed by atoms with Gasteiger partial charge in [0.25, 0.3) is 0 Å². The number of carbonyl (C=O) groups excluding carboxylic acids is 2. The summed E-state index contributed by atoms with van der Waals surface area (Å²) >= 11 is 0. The lowest BCUT2D eigenvalue weighted by Crippen LogP contribution is -2.52. The second-order valence-corrected chi connectivity index (χ2v) is 9.99. The van der Waals surface area contributed by atoms with Crippen molar-refractivity contribution in [2.75, 3.05) is 24.2 Å². The zero-order chi connectivity index (χ0) is 25.5. The number of rotatable bonds is 11. The summed E-state index contributed by atoms with van der Waals surface area (Å²) in [4.78, 5) is 27.5. The third kappa shape index (κ3) is 7.18. The maximum Gasteiger partial charge on any atom is 0.244 e. The smallest absolute Gasteiger partial charge is 0.244 e. The minimum absolute atomic E-state index is 0.0484. The molecule has 8 nitrogen and oxygen atoms in total. The summed E-state index contributed by atoms with van der Waals surface area (Å²) in [6, 6.07) is 11.3. The maximum absolute atomic E-state index is 14.4. The molecular formula is C24H32FN3O5S. The summed E-state index contributed by atoms with van der Waals surface area (Å²) in [5, 5.41) is 2.85. The van der Waals surface area contributed by atoms with Crippen LogP contribution < -0.4 is 14.4 Å². The van der Waals surface area contributed by atoms with Gasteiger partial charge >= 0.3 is 0 Å². The number of carbonyl (C=O) groups is 2.